The maximum absolute atomic E-state index is 3.15. The number of rotatable bonds is 0. The molecule has 0 saturated heterocycles. The zero-order chi connectivity index (χ0) is 6.15. The molecule has 2 nitrogen and oxygen atoms in total. The van der Waals surface area contributed by atoms with Crippen LogP contribution in [-0.2, 0) is 0 Å². The third-order valence-corrected chi connectivity index (χ3v) is 1.71. The Hall–Kier alpha value is -0.247. The normalized spacial score (nSPS) is 18.5. The number of allylic oxidation sites excluding steroid dienone is 2. The first kappa shape index (κ1) is 5.88. The van der Waals surface area contributed by atoms with E-state index in [1.165, 1.54) is 11.4 Å². The molecule has 0 aromatic heterocycles. The predicted octanol–water partition coefficient (Wildman–Crippen LogP) is -0.314. The molecule has 0 unspecified atom stereocenters. The van der Waals surface area contributed by atoms with E-state index >= 15 is 0 Å². The van der Waals surface area contributed by atoms with Gasteiger partial charge in [-0.25, -0.2) is 0 Å². The average Bonchev–Trinajstić information content (AvgIpc) is 1.85. The van der Waals surface area contributed by atoms with Gasteiger partial charge >= 0.3 is 56.5 Å². The third-order valence-electron chi connectivity index (χ3n) is 1.19. The molecule has 42 valence electrons. The van der Waals surface area contributed by atoms with Gasteiger partial charge < -0.3 is 0 Å². The molecule has 3 heteroatoms. The van der Waals surface area contributed by atoms with Gasteiger partial charge in [-0.2, -0.15) is 0 Å². The van der Waals surface area contributed by atoms with Crippen LogP contribution in [0.15, 0.2) is 11.4 Å². The summed E-state index contributed by atoms with van der Waals surface area (Å²) in [7, 11) is 0. The molecule has 0 bridgehead atoms. The summed E-state index contributed by atoms with van der Waals surface area (Å²) in [5.41, 5.74) is 2.45. The van der Waals surface area contributed by atoms with E-state index in [0.717, 1.165) is 4.60 Å². The monoisotopic (exact) mass is 170 g/mol. The Labute approximate surface area is 57.1 Å². The first-order valence-corrected chi connectivity index (χ1v) is 3.55. The minimum atomic E-state index is 1.13. The third kappa shape index (κ3) is 0.941. The van der Waals surface area contributed by atoms with Gasteiger partial charge in [0.15, 0.2) is 0 Å². The molecule has 0 spiro atoms. The van der Waals surface area contributed by atoms with E-state index in [4.69, 9.17) is 0 Å². The summed E-state index contributed by atoms with van der Waals surface area (Å²) in [5.74, 6) is 0. The molecule has 2 N–H and O–H groups in total. The van der Waals surface area contributed by atoms with Crippen LogP contribution in [0.2, 0.25) is 0 Å². The molecular formula is C5H8GeN2. The van der Waals surface area contributed by atoms with Gasteiger partial charge in [0.25, 0.3) is 0 Å². The molecule has 0 aromatic carbocycles. The van der Waals surface area contributed by atoms with Crippen molar-refractivity contribution in [3.63, 3.8) is 0 Å². The molecule has 0 fully saturated rings. The van der Waals surface area contributed by atoms with Crippen LogP contribution in [-0.4, -0.2) is 20.7 Å². The van der Waals surface area contributed by atoms with Crippen LogP contribution < -0.4 is 10.6 Å². The second-order valence-electron chi connectivity index (χ2n) is 1.88. The van der Waals surface area contributed by atoms with Gasteiger partial charge in [-0.1, -0.05) is 0 Å². The van der Waals surface area contributed by atoms with Crippen LogP contribution >= 0.6 is 0 Å². The van der Waals surface area contributed by atoms with Crippen molar-refractivity contribution >= 4 is 20.7 Å². The Morgan fingerprint density at radius 3 is 1.62 bits per heavy atom. The molecule has 0 aliphatic carbocycles. The van der Waals surface area contributed by atoms with Gasteiger partial charge in [-0.15, -0.1) is 0 Å². The summed E-state index contributed by atoms with van der Waals surface area (Å²) in [6.45, 7) is 4.11. The Bertz CT molecular complexity index is 144. The van der Waals surface area contributed by atoms with Crippen LogP contribution in [0.1, 0.15) is 13.8 Å². The summed E-state index contributed by atoms with van der Waals surface area (Å²) in [6.07, 6.45) is 0. The van der Waals surface area contributed by atoms with Crippen molar-refractivity contribution in [2.45, 2.75) is 13.8 Å². The molecule has 1 aliphatic heterocycles. The number of hydrogen-bond acceptors (Lipinski definition) is 2. The first-order valence-electron chi connectivity index (χ1n) is 2.50. The maximum atomic E-state index is 3.15. The average molecular weight is 169 g/mol. The molecule has 0 atom stereocenters. The number of nitrogens with one attached hydrogen (secondary N) is 2. The van der Waals surface area contributed by atoms with E-state index < -0.39 is 0 Å². The molecule has 0 aromatic rings. The fraction of sp³-hybridized carbons (Fsp3) is 0.400. The fourth-order valence-electron chi connectivity index (χ4n) is 0.594. The van der Waals surface area contributed by atoms with E-state index in [9.17, 15) is 0 Å². The second kappa shape index (κ2) is 1.93. The van der Waals surface area contributed by atoms with E-state index in [-0.39, 0.29) is 0 Å². The second-order valence-corrected chi connectivity index (χ2v) is 2.92. The van der Waals surface area contributed by atoms with E-state index in [1.54, 1.807) is 0 Å². The molecule has 0 amide bonds. The zero-order valence-electron chi connectivity index (χ0n) is 5.00. The van der Waals surface area contributed by atoms with Gasteiger partial charge in [-0.3, -0.25) is 0 Å². The molecule has 1 heterocycles. The topological polar surface area (TPSA) is 24.1 Å². The van der Waals surface area contributed by atoms with Crippen LogP contribution in [0.25, 0.3) is 0 Å². The van der Waals surface area contributed by atoms with Crippen molar-refractivity contribution in [3.05, 3.63) is 11.4 Å². The molecule has 8 heavy (non-hydrogen) atoms. The Morgan fingerprint density at radius 1 is 1.12 bits per heavy atom. The van der Waals surface area contributed by atoms with Crippen LogP contribution in [0.3, 0.4) is 0 Å². The van der Waals surface area contributed by atoms with Crippen LogP contribution in [0, 0.1) is 0 Å². The Morgan fingerprint density at radius 2 is 1.50 bits per heavy atom. The van der Waals surface area contributed by atoms with E-state index in [2.05, 4.69) is 24.5 Å². The molecule has 0 saturated carbocycles. The summed E-state index contributed by atoms with van der Waals surface area (Å²) in [5, 5.41) is 6.30. The fourth-order valence-corrected chi connectivity index (χ4v) is 1.38. The van der Waals surface area contributed by atoms with Crippen molar-refractivity contribution in [3.8, 4) is 0 Å². The van der Waals surface area contributed by atoms with E-state index in [1.807, 2.05) is 16.1 Å². The summed E-state index contributed by atoms with van der Waals surface area (Å²) in [4.78, 5) is 0. The van der Waals surface area contributed by atoms with Crippen LogP contribution in [0.4, 0.5) is 0 Å². The van der Waals surface area contributed by atoms with Crippen molar-refractivity contribution in [1.82, 2.24) is 10.6 Å². The van der Waals surface area contributed by atoms with E-state index in [0.29, 0.717) is 0 Å². The molecule has 1 aliphatic rings. The van der Waals surface area contributed by atoms with Crippen molar-refractivity contribution < 1.29 is 0 Å². The van der Waals surface area contributed by atoms with Gasteiger partial charge in [0.1, 0.15) is 0 Å². The summed E-state index contributed by atoms with van der Waals surface area (Å²) >= 11 is 2.01. The molecule has 2 radical (unpaired) electrons. The summed E-state index contributed by atoms with van der Waals surface area (Å²) in [6, 6.07) is 0. The van der Waals surface area contributed by atoms with Crippen LogP contribution in [0.5, 0.6) is 0 Å². The molecule has 1 rings (SSSR count). The minimum absolute atomic E-state index is 1.13. The SMILES string of the molecule is CC1=C(C)N[C](=[Ge])N1. The van der Waals surface area contributed by atoms with Gasteiger partial charge in [-0.05, 0) is 0 Å². The Kier molecular flexibility index (Phi) is 1.42. The zero-order valence-corrected chi connectivity index (χ0v) is 7.10. The van der Waals surface area contributed by atoms with Crippen molar-refractivity contribution in [1.29, 1.82) is 0 Å². The molecular weight excluding hydrogens is 161 g/mol. The first-order chi connectivity index (χ1) is 3.70. The number of hydrogen-bond donors (Lipinski definition) is 2. The van der Waals surface area contributed by atoms with Crippen molar-refractivity contribution in [2.75, 3.05) is 0 Å². The van der Waals surface area contributed by atoms with Crippen molar-refractivity contribution in [2.24, 2.45) is 0 Å². The van der Waals surface area contributed by atoms with Gasteiger partial charge in [0.05, 0.1) is 0 Å². The quantitative estimate of drug-likeness (QED) is 0.485. The Balaban J connectivity index is 2.73. The predicted molar refractivity (Wildman–Crippen MR) is 35.4 cm³/mol. The standard InChI is InChI=1S/C5H8GeN2/c1-3-4(2)8-5(6)7-3/h7-8H,1-2H3. The van der Waals surface area contributed by atoms with Gasteiger partial charge in [0.2, 0.25) is 0 Å². The summed E-state index contributed by atoms with van der Waals surface area (Å²) < 4.78 is 1.13. The van der Waals surface area contributed by atoms with Gasteiger partial charge in [0, 0.05) is 0 Å².